The second-order valence-electron chi connectivity index (χ2n) is 5.01. The normalized spacial score (nSPS) is 11.0. The van der Waals surface area contributed by atoms with E-state index >= 15 is 0 Å². The minimum Gasteiger partial charge on any atom is -0.426 e. The molecule has 2 aromatic carbocycles. The van der Waals surface area contributed by atoms with Gasteiger partial charge >= 0.3 is 5.97 Å². The lowest BCUT2D eigenvalue weighted by atomic mass is 10.1. The summed E-state index contributed by atoms with van der Waals surface area (Å²) >= 11 is 2.30. The van der Waals surface area contributed by atoms with E-state index in [1.165, 1.54) is 10.5 Å². The number of hydrogen-bond donors (Lipinski definition) is 0. The Morgan fingerprint density at radius 3 is 2.61 bits per heavy atom. The van der Waals surface area contributed by atoms with Gasteiger partial charge in [0.1, 0.15) is 5.75 Å². The Balaban J connectivity index is 2.04. The molecule has 0 bridgehead atoms. The van der Waals surface area contributed by atoms with E-state index in [0.717, 1.165) is 22.2 Å². The van der Waals surface area contributed by atoms with Crippen molar-refractivity contribution >= 4 is 51.6 Å². The van der Waals surface area contributed by atoms with Crippen molar-refractivity contribution in [3.8, 4) is 5.75 Å². The molecule has 23 heavy (non-hydrogen) atoms. The quantitative estimate of drug-likeness (QED) is 0.450. The van der Waals surface area contributed by atoms with Gasteiger partial charge in [0.2, 0.25) is 0 Å². The van der Waals surface area contributed by atoms with Crippen LogP contribution in [0.5, 0.6) is 5.75 Å². The fourth-order valence-electron chi connectivity index (χ4n) is 2.27. The Morgan fingerprint density at radius 1 is 1.09 bits per heavy atom. The Kier molecular flexibility index (Phi) is 4.71. The van der Waals surface area contributed by atoms with Gasteiger partial charge in [-0.3, -0.25) is 4.79 Å². The molecule has 0 N–H and O–H groups in total. The third kappa shape index (κ3) is 3.76. The van der Waals surface area contributed by atoms with Gasteiger partial charge in [-0.2, -0.15) is 0 Å². The molecule has 0 saturated carbocycles. The van der Waals surface area contributed by atoms with Crippen LogP contribution in [0.2, 0.25) is 0 Å². The number of esters is 1. The highest BCUT2D eigenvalue weighted by atomic mass is 127. The van der Waals surface area contributed by atoms with Crippen LogP contribution in [0, 0.1) is 3.57 Å². The molecule has 1 heterocycles. The van der Waals surface area contributed by atoms with Gasteiger partial charge in [0.15, 0.2) is 0 Å². The number of ether oxygens (including phenoxy) is 1. The topological polar surface area (TPSA) is 39.2 Å². The van der Waals surface area contributed by atoms with Crippen LogP contribution < -0.4 is 4.74 Å². The molecule has 0 aliphatic rings. The monoisotopic (exact) mass is 415 g/mol. The van der Waals surface area contributed by atoms with Gasteiger partial charge < -0.3 is 4.74 Å². The summed E-state index contributed by atoms with van der Waals surface area (Å²) in [7, 11) is 0. The standard InChI is InChI=1S/C19H14INO2/c1-13(22)23-19-12-15(21-18-9-5-3-7-16(18)19)11-10-14-6-2-4-8-17(14)20/h2-12H,1H3/b11-10+. The summed E-state index contributed by atoms with van der Waals surface area (Å²) in [6.07, 6.45) is 3.94. The Bertz CT molecular complexity index is 903. The fraction of sp³-hybridized carbons (Fsp3) is 0.0526. The maximum atomic E-state index is 11.3. The van der Waals surface area contributed by atoms with Crippen molar-refractivity contribution < 1.29 is 9.53 Å². The minimum absolute atomic E-state index is 0.339. The number of halogens is 1. The van der Waals surface area contributed by atoms with Crippen molar-refractivity contribution in [1.29, 1.82) is 0 Å². The predicted octanol–water partition coefficient (Wildman–Crippen LogP) is 4.94. The summed E-state index contributed by atoms with van der Waals surface area (Å²) < 4.78 is 6.50. The molecule has 3 aromatic rings. The molecule has 3 rings (SSSR count). The SMILES string of the molecule is CC(=O)Oc1cc(/C=C/c2ccccc2I)nc2ccccc12. The molecule has 0 aliphatic heterocycles. The van der Waals surface area contributed by atoms with E-state index in [0.29, 0.717) is 5.75 Å². The van der Waals surface area contributed by atoms with Gasteiger partial charge in [-0.1, -0.05) is 36.4 Å². The fourth-order valence-corrected chi connectivity index (χ4v) is 2.84. The average molecular weight is 415 g/mol. The summed E-state index contributed by atoms with van der Waals surface area (Å²) in [6, 6.07) is 17.5. The number of hydrogen-bond acceptors (Lipinski definition) is 3. The van der Waals surface area contributed by atoms with Gasteiger partial charge in [-0.05, 0) is 52.4 Å². The van der Waals surface area contributed by atoms with E-state index in [9.17, 15) is 4.79 Å². The number of aromatic nitrogens is 1. The van der Waals surface area contributed by atoms with E-state index in [2.05, 4.69) is 33.6 Å². The molecule has 0 atom stereocenters. The van der Waals surface area contributed by atoms with E-state index < -0.39 is 0 Å². The van der Waals surface area contributed by atoms with Crippen LogP contribution in [0.25, 0.3) is 23.1 Å². The van der Waals surface area contributed by atoms with Gasteiger partial charge in [0.05, 0.1) is 11.2 Å². The smallest absolute Gasteiger partial charge is 0.308 e. The van der Waals surface area contributed by atoms with E-state index in [1.54, 1.807) is 6.07 Å². The predicted molar refractivity (Wildman–Crippen MR) is 101 cm³/mol. The van der Waals surface area contributed by atoms with Crippen LogP contribution in [0.15, 0.2) is 54.6 Å². The molecule has 0 unspecified atom stereocenters. The lowest BCUT2D eigenvalue weighted by molar-refractivity contribution is -0.131. The highest BCUT2D eigenvalue weighted by Crippen LogP contribution is 2.26. The number of rotatable bonds is 3. The summed E-state index contributed by atoms with van der Waals surface area (Å²) in [5.74, 6) is 0.194. The lowest BCUT2D eigenvalue weighted by Gasteiger charge is -2.07. The Labute approximate surface area is 148 Å². The Morgan fingerprint density at radius 2 is 1.83 bits per heavy atom. The zero-order valence-electron chi connectivity index (χ0n) is 12.5. The number of pyridine rings is 1. The number of carbonyl (C=O) groups excluding carboxylic acids is 1. The third-order valence-corrected chi connectivity index (χ3v) is 4.27. The first kappa shape index (κ1) is 15.7. The van der Waals surface area contributed by atoms with E-state index in [1.807, 2.05) is 54.6 Å². The van der Waals surface area contributed by atoms with Crippen LogP contribution in [0.3, 0.4) is 0 Å². The van der Waals surface area contributed by atoms with Crippen LogP contribution in [0.1, 0.15) is 18.2 Å². The summed E-state index contributed by atoms with van der Waals surface area (Å²) in [6.45, 7) is 1.40. The van der Waals surface area contributed by atoms with Crippen molar-refractivity contribution in [2.24, 2.45) is 0 Å². The first-order valence-corrected chi connectivity index (χ1v) is 8.22. The van der Waals surface area contributed by atoms with Gasteiger partial charge in [-0.15, -0.1) is 0 Å². The highest BCUT2D eigenvalue weighted by Gasteiger charge is 2.07. The molecule has 114 valence electrons. The van der Waals surface area contributed by atoms with Crippen LogP contribution in [0.4, 0.5) is 0 Å². The average Bonchev–Trinajstić information content (AvgIpc) is 2.53. The maximum Gasteiger partial charge on any atom is 0.308 e. The van der Waals surface area contributed by atoms with Gasteiger partial charge in [0, 0.05) is 21.9 Å². The lowest BCUT2D eigenvalue weighted by Crippen LogP contribution is -2.02. The molecule has 4 heteroatoms. The van der Waals surface area contributed by atoms with Crippen molar-refractivity contribution in [2.75, 3.05) is 0 Å². The summed E-state index contributed by atoms with van der Waals surface area (Å²) in [5.41, 5.74) is 2.67. The zero-order valence-corrected chi connectivity index (χ0v) is 14.7. The van der Waals surface area contributed by atoms with Gasteiger partial charge in [-0.25, -0.2) is 4.98 Å². The number of para-hydroxylation sites is 1. The second kappa shape index (κ2) is 6.91. The number of benzene rings is 2. The van der Waals surface area contributed by atoms with Crippen LogP contribution in [-0.2, 0) is 4.79 Å². The van der Waals surface area contributed by atoms with Crippen LogP contribution >= 0.6 is 22.6 Å². The molecule has 0 radical (unpaired) electrons. The van der Waals surface area contributed by atoms with Crippen molar-refractivity contribution in [3.05, 3.63) is 69.4 Å². The first-order valence-electron chi connectivity index (χ1n) is 7.14. The molecule has 0 saturated heterocycles. The number of fused-ring (bicyclic) bond motifs is 1. The highest BCUT2D eigenvalue weighted by molar-refractivity contribution is 14.1. The van der Waals surface area contributed by atoms with E-state index in [-0.39, 0.29) is 5.97 Å². The summed E-state index contributed by atoms with van der Waals surface area (Å²) in [4.78, 5) is 15.9. The maximum absolute atomic E-state index is 11.3. The van der Waals surface area contributed by atoms with Crippen molar-refractivity contribution in [3.63, 3.8) is 0 Å². The zero-order chi connectivity index (χ0) is 16.2. The largest absolute Gasteiger partial charge is 0.426 e. The molecule has 3 nitrogen and oxygen atoms in total. The molecule has 1 aromatic heterocycles. The van der Waals surface area contributed by atoms with Crippen LogP contribution in [-0.4, -0.2) is 11.0 Å². The number of nitrogens with zero attached hydrogens (tertiary/aromatic N) is 1. The third-order valence-electron chi connectivity index (χ3n) is 3.29. The Hall–Kier alpha value is -2.21. The van der Waals surface area contributed by atoms with Crippen molar-refractivity contribution in [2.45, 2.75) is 6.92 Å². The van der Waals surface area contributed by atoms with Crippen molar-refractivity contribution in [1.82, 2.24) is 4.98 Å². The molecule has 0 aliphatic carbocycles. The molecule has 0 amide bonds. The second-order valence-corrected chi connectivity index (χ2v) is 6.17. The first-order chi connectivity index (χ1) is 11.1. The minimum atomic E-state index is -0.339. The molecular formula is C19H14INO2. The van der Waals surface area contributed by atoms with Gasteiger partial charge in [0.25, 0.3) is 0 Å². The molecular weight excluding hydrogens is 401 g/mol. The van der Waals surface area contributed by atoms with E-state index in [4.69, 9.17) is 4.74 Å². The number of carbonyl (C=O) groups is 1. The summed E-state index contributed by atoms with van der Waals surface area (Å²) in [5, 5.41) is 0.828. The molecule has 0 fully saturated rings. The molecule has 0 spiro atoms.